The number of hydrogen-bond donors (Lipinski definition) is 1. The summed E-state index contributed by atoms with van der Waals surface area (Å²) >= 11 is 1.36. The van der Waals surface area contributed by atoms with Crippen LogP contribution in [0.2, 0.25) is 0 Å². The van der Waals surface area contributed by atoms with Crippen LogP contribution < -0.4 is 5.32 Å². The molecule has 0 atom stereocenters. The number of hydrogen-bond acceptors (Lipinski definition) is 5. The smallest absolute Gasteiger partial charge is 0.255 e. The quantitative estimate of drug-likeness (QED) is 0.492. The van der Waals surface area contributed by atoms with Gasteiger partial charge in [0.1, 0.15) is 5.82 Å². The molecule has 1 aliphatic carbocycles. The molecule has 0 unspecified atom stereocenters. The van der Waals surface area contributed by atoms with E-state index in [-0.39, 0.29) is 17.6 Å². The predicted octanol–water partition coefficient (Wildman–Crippen LogP) is 4.89. The van der Waals surface area contributed by atoms with E-state index in [1.165, 1.54) is 24.6 Å². The molecule has 5 rings (SSSR count). The highest BCUT2D eigenvalue weighted by Crippen LogP contribution is 2.35. The summed E-state index contributed by atoms with van der Waals surface area (Å²) in [6.45, 7) is 1.63. The van der Waals surface area contributed by atoms with Crippen LogP contribution in [0.3, 0.4) is 0 Å². The second kappa shape index (κ2) is 10.4. The number of benzene rings is 1. The first-order valence-electron chi connectivity index (χ1n) is 12.0. The monoisotopic (exact) mass is 475 g/mol. The topological polar surface area (TPSA) is 80.1 Å². The second-order valence-electron chi connectivity index (χ2n) is 8.90. The Bertz CT molecular complexity index is 1130. The third-order valence-electron chi connectivity index (χ3n) is 6.50. The molecular weight excluding hydrogens is 446 g/mol. The Labute approximate surface area is 203 Å². The van der Waals surface area contributed by atoms with Gasteiger partial charge in [-0.2, -0.15) is 5.10 Å². The fourth-order valence-corrected chi connectivity index (χ4v) is 5.33. The second-order valence-corrected chi connectivity index (χ2v) is 9.90. The number of likely N-dealkylation sites (tertiary alicyclic amines) is 1. The molecule has 1 saturated heterocycles. The molecule has 1 aromatic carbocycles. The molecule has 3 aromatic rings. The van der Waals surface area contributed by atoms with Crippen molar-refractivity contribution in [3.05, 3.63) is 66.0 Å². The van der Waals surface area contributed by atoms with Gasteiger partial charge in [-0.25, -0.2) is 9.67 Å². The highest BCUT2D eigenvalue weighted by Gasteiger charge is 2.23. The number of carbonyl (C=O) groups is 2. The fraction of sp³-hybridized carbons (Fsp3) is 0.385. The fourth-order valence-electron chi connectivity index (χ4n) is 4.69. The minimum Gasteiger partial charge on any atom is -0.339 e. The summed E-state index contributed by atoms with van der Waals surface area (Å²) in [6.07, 6.45) is 8.50. The molecule has 0 spiro atoms. The number of thioether (sulfide) groups is 1. The van der Waals surface area contributed by atoms with Gasteiger partial charge in [0.15, 0.2) is 0 Å². The first kappa shape index (κ1) is 22.7. The summed E-state index contributed by atoms with van der Waals surface area (Å²) in [5.74, 6) is 1.30. The van der Waals surface area contributed by atoms with E-state index in [1.54, 1.807) is 12.3 Å². The van der Waals surface area contributed by atoms with Crippen molar-refractivity contribution in [2.24, 2.45) is 0 Å². The lowest BCUT2D eigenvalue weighted by Gasteiger charge is -2.14. The van der Waals surface area contributed by atoms with Crippen LogP contribution in [-0.4, -0.2) is 50.3 Å². The summed E-state index contributed by atoms with van der Waals surface area (Å²) in [5, 5.41) is 8.60. The first-order valence-corrected chi connectivity index (χ1v) is 13.0. The van der Waals surface area contributed by atoms with Crippen LogP contribution >= 0.6 is 11.8 Å². The number of carbonyl (C=O) groups excluding carboxylic acids is 2. The third-order valence-corrected chi connectivity index (χ3v) is 7.44. The van der Waals surface area contributed by atoms with Gasteiger partial charge in [0.05, 0.1) is 27.7 Å². The van der Waals surface area contributed by atoms with Crippen LogP contribution in [-0.2, 0) is 4.79 Å². The van der Waals surface area contributed by atoms with E-state index in [1.807, 2.05) is 52.0 Å². The molecule has 7 nitrogen and oxygen atoms in total. The normalized spacial score (nSPS) is 16.2. The van der Waals surface area contributed by atoms with Gasteiger partial charge in [-0.1, -0.05) is 42.8 Å². The molecule has 0 bridgehead atoms. The number of rotatable bonds is 7. The summed E-state index contributed by atoms with van der Waals surface area (Å²) < 4.78 is 1.83. The van der Waals surface area contributed by atoms with Gasteiger partial charge < -0.3 is 10.2 Å². The van der Waals surface area contributed by atoms with Crippen LogP contribution in [0.4, 0.5) is 5.82 Å². The van der Waals surface area contributed by atoms with Gasteiger partial charge in [0.2, 0.25) is 5.91 Å². The van der Waals surface area contributed by atoms with Crippen molar-refractivity contribution in [3.63, 3.8) is 0 Å². The Hall–Kier alpha value is -3.13. The average Bonchev–Trinajstić information content (AvgIpc) is 3.65. The minimum atomic E-state index is -0.112. The first-order chi connectivity index (χ1) is 16.7. The Morgan fingerprint density at radius 2 is 1.76 bits per heavy atom. The maximum absolute atomic E-state index is 12.8. The minimum absolute atomic E-state index is 0.0338. The van der Waals surface area contributed by atoms with Crippen molar-refractivity contribution in [3.8, 4) is 5.69 Å². The standard InChI is InChI=1S/C26H29N5O2S/c32-24(18-34-25-13-12-20(17-27-25)26(33)30-14-6-7-15-30)28-23-16-22(19-8-4-5-9-19)29-31(23)21-10-2-1-3-11-21/h1-3,10-13,16-17,19H,4-9,14-15,18H2,(H,28,32). The van der Waals surface area contributed by atoms with Crippen LogP contribution in [0.5, 0.6) is 0 Å². The van der Waals surface area contributed by atoms with Crippen molar-refractivity contribution in [1.29, 1.82) is 0 Å². The molecule has 34 heavy (non-hydrogen) atoms. The molecule has 2 fully saturated rings. The molecule has 2 amide bonds. The van der Waals surface area contributed by atoms with Crippen molar-refractivity contribution in [1.82, 2.24) is 19.7 Å². The van der Waals surface area contributed by atoms with Crippen molar-refractivity contribution < 1.29 is 9.59 Å². The lowest BCUT2D eigenvalue weighted by molar-refractivity contribution is -0.113. The van der Waals surface area contributed by atoms with Crippen molar-refractivity contribution in [2.75, 3.05) is 24.2 Å². The van der Waals surface area contributed by atoms with E-state index < -0.39 is 0 Å². The number of para-hydroxylation sites is 1. The van der Waals surface area contributed by atoms with Gasteiger partial charge in [-0.3, -0.25) is 9.59 Å². The zero-order valence-electron chi connectivity index (χ0n) is 19.2. The molecule has 3 heterocycles. The Kier molecular flexibility index (Phi) is 6.94. The van der Waals surface area contributed by atoms with Crippen LogP contribution in [0, 0.1) is 0 Å². The van der Waals surface area contributed by atoms with Gasteiger partial charge in [-0.05, 0) is 49.9 Å². The largest absolute Gasteiger partial charge is 0.339 e. The average molecular weight is 476 g/mol. The Balaban J connectivity index is 1.23. The predicted molar refractivity (Wildman–Crippen MR) is 134 cm³/mol. The number of amides is 2. The maximum Gasteiger partial charge on any atom is 0.255 e. The highest BCUT2D eigenvalue weighted by atomic mass is 32.2. The van der Waals surface area contributed by atoms with E-state index in [0.29, 0.717) is 17.3 Å². The lowest BCUT2D eigenvalue weighted by atomic mass is 10.0. The Morgan fingerprint density at radius 1 is 1.00 bits per heavy atom. The van der Waals surface area contributed by atoms with E-state index in [0.717, 1.165) is 55.2 Å². The summed E-state index contributed by atoms with van der Waals surface area (Å²) in [7, 11) is 0. The summed E-state index contributed by atoms with van der Waals surface area (Å²) in [4.78, 5) is 31.5. The molecular formula is C26H29N5O2S. The Morgan fingerprint density at radius 3 is 2.47 bits per heavy atom. The number of nitrogens with zero attached hydrogens (tertiary/aromatic N) is 4. The van der Waals surface area contributed by atoms with Crippen molar-refractivity contribution >= 4 is 29.4 Å². The zero-order valence-corrected chi connectivity index (χ0v) is 20.0. The molecule has 1 N–H and O–H groups in total. The van der Waals surface area contributed by atoms with Crippen LogP contribution in [0.15, 0.2) is 59.8 Å². The molecule has 0 radical (unpaired) electrons. The number of anilines is 1. The summed E-state index contributed by atoms with van der Waals surface area (Å²) in [6, 6.07) is 15.5. The van der Waals surface area contributed by atoms with Crippen LogP contribution in [0.1, 0.15) is 60.5 Å². The van der Waals surface area contributed by atoms with Gasteiger partial charge >= 0.3 is 0 Å². The van der Waals surface area contributed by atoms with E-state index in [9.17, 15) is 9.59 Å². The molecule has 176 valence electrons. The molecule has 8 heteroatoms. The molecule has 1 aliphatic heterocycles. The SMILES string of the molecule is O=C(CSc1ccc(C(=O)N2CCCC2)cn1)Nc1cc(C2CCCC2)nn1-c1ccccc1. The van der Waals surface area contributed by atoms with Gasteiger partial charge in [-0.15, -0.1) is 0 Å². The number of nitrogens with one attached hydrogen (secondary N) is 1. The van der Waals surface area contributed by atoms with Gasteiger partial charge in [0.25, 0.3) is 5.91 Å². The van der Waals surface area contributed by atoms with Crippen LogP contribution in [0.25, 0.3) is 5.69 Å². The number of pyridine rings is 1. The molecule has 2 aromatic heterocycles. The lowest BCUT2D eigenvalue weighted by Crippen LogP contribution is -2.27. The van der Waals surface area contributed by atoms with E-state index in [2.05, 4.69) is 10.3 Å². The van der Waals surface area contributed by atoms with E-state index >= 15 is 0 Å². The van der Waals surface area contributed by atoms with Crippen molar-refractivity contribution in [2.45, 2.75) is 49.5 Å². The maximum atomic E-state index is 12.8. The number of aromatic nitrogens is 3. The summed E-state index contributed by atoms with van der Waals surface area (Å²) in [5.41, 5.74) is 2.57. The molecule has 1 saturated carbocycles. The zero-order chi connectivity index (χ0) is 23.3. The molecule has 2 aliphatic rings. The highest BCUT2D eigenvalue weighted by molar-refractivity contribution is 7.99. The van der Waals surface area contributed by atoms with E-state index in [4.69, 9.17) is 5.10 Å². The van der Waals surface area contributed by atoms with Gasteiger partial charge in [0, 0.05) is 31.3 Å². The third kappa shape index (κ3) is 5.17.